The van der Waals surface area contributed by atoms with Gasteiger partial charge in [-0.15, -0.1) is 11.3 Å². The molecule has 2 aromatic heterocycles. The van der Waals surface area contributed by atoms with Crippen molar-refractivity contribution < 1.29 is 9.90 Å². The molecule has 0 spiro atoms. The topological polar surface area (TPSA) is 88.0 Å². The van der Waals surface area contributed by atoms with Crippen molar-refractivity contribution in [3.8, 4) is 0 Å². The molecule has 2 N–H and O–H groups in total. The highest BCUT2D eigenvalue weighted by molar-refractivity contribution is 7.09. The Morgan fingerprint density at radius 2 is 2.10 bits per heavy atom. The Labute approximate surface area is 124 Å². The SMILES string of the molecule is Cc1nc(CNc2nc(C(=O)O)nc3ccccc23)cs1. The quantitative estimate of drug-likeness (QED) is 0.770. The number of nitrogens with one attached hydrogen (secondary N) is 1. The first-order chi connectivity index (χ1) is 10.1. The van der Waals surface area contributed by atoms with Crippen LogP contribution >= 0.6 is 11.3 Å². The molecule has 0 saturated heterocycles. The Morgan fingerprint density at radius 1 is 1.29 bits per heavy atom. The van der Waals surface area contributed by atoms with Gasteiger partial charge in [-0.2, -0.15) is 0 Å². The fraction of sp³-hybridized carbons (Fsp3) is 0.143. The first-order valence-corrected chi connectivity index (χ1v) is 7.16. The molecule has 1 aromatic carbocycles. The van der Waals surface area contributed by atoms with Crippen LogP contribution in [-0.4, -0.2) is 26.0 Å². The standard InChI is InChI=1S/C14H12N4O2S/c1-8-16-9(7-21-8)6-15-12-10-4-2-3-5-11(10)17-13(18-12)14(19)20/h2-5,7H,6H2,1H3,(H,19,20)(H,15,17,18). The third kappa shape index (κ3) is 2.82. The number of carboxylic acids is 1. The summed E-state index contributed by atoms with van der Waals surface area (Å²) in [6.07, 6.45) is 0. The summed E-state index contributed by atoms with van der Waals surface area (Å²) < 4.78 is 0. The molecule has 3 rings (SSSR count). The molecule has 0 unspecified atom stereocenters. The molecular weight excluding hydrogens is 288 g/mol. The normalized spacial score (nSPS) is 10.7. The van der Waals surface area contributed by atoms with Crippen LogP contribution < -0.4 is 5.32 Å². The zero-order chi connectivity index (χ0) is 14.8. The number of hydrogen-bond donors (Lipinski definition) is 2. The van der Waals surface area contributed by atoms with E-state index in [2.05, 4.69) is 20.3 Å². The van der Waals surface area contributed by atoms with E-state index in [1.165, 1.54) is 0 Å². The molecule has 6 nitrogen and oxygen atoms in total. The summed E-state index contributed by atoms with van der Waals surface area (Å²) in [5.74, 6) is -0.859. The predicted octanol–water partition coefficient (Wildman–Crippen LogP) is 2.71. The van der Waals surface area contributed by atoms with E-state index >= 15 is 0 Å². The molecule has 0 aliphatic heterocycles. The van der Waals surface area contributed by atoms with Gasteiger partial charge in [0, 0.05) is 10.8 Å². The largest absolute Gasteiger partial charge is 0.475 e. The number of fused-ring (bicyclic) bond motifs is 1. The number of aryl methyl sites for hydroxylation is 1. The molecule has 106 valence electrons. The number of aromatic nitrogens is 3. The van der Waals surface area contributed by atoms with E-state index in [0.717, 1.165) is 16.1 Å². The van der Waals surface area contributed by atoms with Crippen LogP contribution in [0.3, 0.4) is 0 Å². The van der Waals surface area contributed by atoms with E-state index in [0.29, 0.717) is 17.9 Å². The predicted molar refractivity (Wildman–Crippen MR) is 80.7 cm³/mol. The van der Waals surface area contributed by atoms with Crippen LogP contribution in [0.25, 0.3) is 10.9 Å². The second-order valence-corrected chi connectivity index (χ2v) is 5.49. The maximum absolute atomic E-state index is 11.1. The van der Waals surface area contributed by atoms with E-state index in [4.69, 9.17) is 5.11 Å². The van der Waals surface area contributed by atoms with Gasteiger partial charge in [0.25, 0.3) is 0 Å². The number of carboxylic acid groups (broad SMARTS) is 1. The summed E-state index contributed by atoms with van der Waals surface area (Å²) in [4.78, 5) is 23.6. The Bertz CT molecular complexity index is 816. The Hall–Kier alpha value is -2.54. The van der Waals surface area contributed by atoms with Gasteiger partial charge in [-0.1, -0.05) is 12.1 Å². The lowest BCUT2D eigenvalue weighted by Crippen LogP contribution is -2.09. The summed E-state index contributed by atoms with van der Waals surface area (Å²) in [7, 11) is 0. The third-order valence-corrected chi connectivity index (χ3v) is 3.72. The summed E-state index contributed by atoms with van der Waals surface area (Å²) in [5, 5.41) is 16.0. The highest BCUT2D eigenvalue weighted by Crippen LogP contribution is 2.21. The number of hydrogen-bond acceptors (Lipinski definition) is 6. The van der Waals surface area contributed by atoms with Crippen molar-refractivity contribution in [3.63, 3.8) is 0 Å². The lowest BCUT2D eigenvalue weighted by Gasteiger charge is -2.08. The fourth-order valence-corrected chi connectivity index (χ4v) is 2.58. The first-order valence-electron chi connectivity index (χ1n) is 6.28. The molecule has 0 radical (unpaired) electrons. The van der Waals surface area contributed by atoms with E-state index in [-0.39, 0.29) is 5.82 Å². The van der Waals surface area contributed by atoms with Crippen LogP contribution in [0, 0.1) is 6.92 Å². The maximum atomic E-state index is 11.1. The minimum atomic E-state index is -1.15. The third-order valence-electron chi connectivity index (χ3n) is 2.90. The molecule has 0 bridgehead atoms. The number of benzene rings is 1. The minimum absolute atomic E-state index is 0.217. The van der Waals surface area contributed by atoms with Gasteiger partial charge in [0.2, 0.25) is 5.82 Å². The van der Waals surface area contributed by atoms with E-state index in [1.807, 2.05) is 30.5 Å². The molecule has 0 fully saturated rings. The Kier molecular flexibility index (Phi) is 3.49. The zero-order valence-electron chi connectivity index (χ0n) is 11.2. The fourth-order valence-electron chi connectivity index (χ4n) is 1.97. The number of aromatic carboxylic acids is 1. The van der Waals surface area contributed by atoms with Crippen molar-refractivity contribution in [2.75, 3.05) is 5.32 Å². The lowest BCUT2D eigenvalue weighted by atomic mass is 10.2. The Morgan fingerprint density at radius 3 is 2.81 bits per heavy atom. The number of para-hydroxylation sites is 1. The average molecular weight is 300 g/mol. The Balaban J connectivity index is 1.97. The number of anilines is 1. The molecular formula is C14H12N4O2S. The highest BCUT2D eigenvalue weighted by Gasteiger charge is 2.12. The molecule has 7 heteroatoms. The van der Waals surface area contributed by atoms with E-state index < -0.39 is 5.97 Å². The number of nitrogens with zero attached hydrogens (tertiary/aromatic N) is 3. The van der Waals surface area contributed by atoms with Crippen LogP contribution in [0.5, 0.6) is 0 Å². The van der Waals surface area contributed by atoms with E-state index in [1.54, 1.807) is 17.4 Å². The number of rotatable bonds is 4. The van der Waals surface area contributed by atoms with Crippen molar-refractivity contribution >= 4 is 34.0 Å². The number of thiazole rings is 1. The minimum Gasteiger partial charge on any atom is -0.475 e. The van der Waals surface area contributed by atoms with Gasteiger partial charge in [0.15, 0.2) is 0 Å². The molecule has 0 aliphatic rings. The average Bonchev–Trinajstić information content (AvgIpc) is 2.90. The van der Waals surface area contributed by atoms with Crippen molar-refractivity contribution in [1.82, 2.24) is 15.0 Å². The lowest BCUT2D eigenvalue weighted by molar-refractivity contribution is 0.0684. The van der Waals surface area contributed by atoms with Gasteiger partial charge in [-0.05, 0) is 19.1 Å². The van der Waals surface area contributed by atoms with Crippen LogP contribution in [0.15, 0.2) is 29.6 Å². The summed E-state index contributed by atoms with van der Waals surface area (Å²) >= 11 is 1.57. The molecule has 2 heterocycles. The van der Waals surface area contributed by atoms with Crippen molar-refractivity contribution in [3.05, 3.63) is 46.2 Å². The molecule has 21 heavy (non-hydrogen) atoms. The highest BCUT2D eigenvalue weighted by atomic mass is 32.1. The van der Waals surface area contributed by atoms with Crippen LogP contribution in [-0.2, 0) is 6.54 Å². The molecule has 3 aromatic rings. The zero-order valence-corrected chi connectivity index (χ0v) is 12.0. The maximum Gasteiger partial charge on any atom is 0.374 e. The van der Waals surface area contributed by atoms with Gasteiger partial charge in [0.05, 0.1) is 22.8 Å². The number of carbonyl (C=O) groups is 1. The smallest absolute Gasteiger partial charge is 0.374 e. The van der Waals surface area contributed by atoms with Crippen LogP contribution in [0.1, 0.15) is 21.3 Å². The van der Waals surface area contributed by atoms with Gasteiger partial charge in [-0.25, -0.2) is 19.7 Å². The van der Waals surface area contributed by atoms with Crippen molar-refractivity contribution in [1.29, 1.82) is 0 Å². The summed E-state index contributed by atoms with van der Waals surface area (Å²) in [5.41, 5.74) is 1.50. The molecule has 0 saturated carbocycles. The molecule has 0 amide bonds. The van der Waals surface area contributed by atoms with Crippen LogP contribution in [0.4, 0.5) is 5.82 Å². The van der Waals surface area contributed by atoms with Gasteiger partial charge in [0.1, 0.15) is 5.82 Å². The monoisotopic (exact) mass is 300 g/mol. The first kappa shape index (κ1) is 13.4. The second kappa shape index (κ2) is 5.45. The summed E-state index contributed by atoms with van der Waals surface area (Å²) in [6, 6.07) is 7.30. The van der Waals surface area contributed by atoms with E-state index in [9.17, 15) is 4.79 Å². The van der Waals surface area contributed by atoms with Gasteiger partial charge < -0.3 is 10.4 Å². The molecule has 0 aliphatic carbocycles. The second-order valence-electron chi connectivity index (χ2n) is 4.43. The van der Waals surface area contributed by atoms with Gasteiger partial charge >= 0.3 is 5.97 Å². The molecule has 0 atom stereocenters. The van der Waals surface area contributed by atoms with Crippen LogP contribution in [0.2, 0.25) is 0 Å². The van der Waals surface area contributed by atoms with Crippen molar-refractivity contribution in [2.24, 2.45) is 0 Å². The summed E-state index contributed by atoms with van der Waals surface area (Å²) in [6.45, 7) is 2.43. The van der Waals surface area contributed by atoms with Gasteiger partial charge in [-0.3, -0.25) is 0 Å². The van der Waals surface area contributed by atoms with Crippen molar-refractivity contribution in [2.45, 2.75) is 13.5 Å².